The third-order valence-corrected chi connectivity index (χ3v) is 3.71. The second-order valence-electron chi connectivity index (χ2n) is 6.76. The Kier molecular flexibility index (Phi) is 3.59. The van der Waals surface area contributed by atoms with Gasteiger partial charge in [-0.1, -0.05) is 12.1 Å². The molecule has 0 amide bonds. The van der Waals surface area contributed by atoms with E-state index in [1.165, 1.54) is 22.3 Å². The van der Waals surface area contributed by atoms with Gasteiger partial charge in [-0.3, -0.25) is 4.68 Å². The second kappa shape index (κ2) is 5.28. The molecule has 3 rings (SSSR count). The molecule has 21 heavy (non-hydrogen) atoms. The normalized spacial score (nSPS) is 14.5. The second-order valence-corrected chi connectivity index (χ2v) is 6.76. The zero-order chi connectivity index (χ0) is 15.0. The van der Waals surface area contributed by atoms with Gasteiger partial charge in [-0.15, -0.1) is 0 Å². The molecule has 1 N–H and O–H groups in total. The van der Waals surface area contributed by atoms with Crippen LogP contribution in [-0.4, -0.2) is 15.3 Å². The monoisotopic (exact) mass is 285 g/mol. The standard InChI is InChI=1S/C17H23N3O/c1-17(2,3)18-8-15-9-20(4)19-16(15)12-5-6-13-10-21-11-14(13)7-12/h5-7,9,18H,8,10-11H2,1-4H3. The number of fused-ring (bicyclic) bond motifs is 1. The van der Waals surface area contributed by atoms with E-state index in [-0.39, 0.29) is 5.54 Å². The number of hydrogen-bond donors (Lipinski definition) is 1. The lowest BCUT2D eigenvalue weighted by molar-refractivity contribution is 0.134. The molecule has 0 saturated heterocycles. The predicted octanol–water partition coefficient (Wildman–Crippen LogP) is 3.01. The first-order valence-electron chi connectivity index (χ1n) is 7.40. The summed E-state index contributed by atoms with van der Waals surface area (Å²) in [6.45, 7) is 8.80. The molecule has 1 aromatic heterocycles. The van der Waals surface area contributed by atoms with E-state index >= 15 is 0 Å². The first-order chi connectivity index (χ1) is 9.92. The molecule has 0 spiro atoms. The van der Waals surface area contributed by atoms with Crippen molar-refractivity contribution in [3.63, 3.8) is 0 Å². The Hall–Kier alpha value is -1.65. The van der Waals surface area contributed by atoms with E-state index in [0.29, 0.717) is 6.61 Å². The fourth-order valence-corrected chi connectivity index (χ4v) is 2.59. The molecular weight excluding hydrogens is 262 g/mol. The minimum absolute atomic E-state index is 0.0961. The Labute approximate surface area is 126 Å². The summed E-state index contributed by atoms with van der Waals surface area (Å²) >= 11 is 0. The Morgan fingerprint density at radius 1 is 1.24 bits per heavy atom. The van der Waals surface area contributed by atoms with Gasteiger partial charge in [-0.05, 0) is 38.0 Å². The van der Waals surface area contributed by atoms with E-state index in [0.717, 1.165) is 18.8 Å². The van der Waals surface area contributed by atoms with Crippen molar-refractivity contribution in [2.75, 3.05) is 0 Å². The Bertz CT molecular complexity index is 653. The van der Waals surface area contributed by atoms with Crippen LogP contribution in [0.2, 0.25) is 0 Å². The highest BCUT2D eigenvalue weighted by molar-refractivity contribution is 5.64. The highest BCUT2D eigenvalue weighted by Gasteiger charge is 2.17. The average Bonchev–Trinajstić information content (AvgIpc) is 3.00. The minimum atomic E-state index is 0.0961. The lowest BCUT2D eigenvalue weighted by atomic mass is 10.0. The summed E-state index contributed by atoms with van der Waals surface area (Å²) in [6, 6.07) is 6.52. The van der Waals surface area contributed by atoms with E-state index in [2.05, 4.69) is 55.6 Å². The molecule has 2 heterocycles. The van der Waals surface area contributed by atoms with Crippen molar-refractivity contribution >= 4 is 0 Å². The van der Waals surface area contributed by atoms with Crippen molar-refractivity contribution in [3.05, 3.63) is 41.1 Å². The highest BCUT2D eigenvalue weighted by Crippen LogP contribution is 2.28. The lowest BCUT2D eigenvalue weighted by Crippen LogP contribution is -2.35. The predicted molar refractivity (Wildman–Crippen MR) is 83.7 cm³/mol. The number of ether oxygens (including phenoxy) is 1. The molecule has 1 aromatic carbocycles. The van der Waals surface area contributed by atoms with Crippen molar-refractivity contribution in [1.82, 2.24) is 15.1 Å². The summed E-state index contributed by atoms with van der Waals surface area (Å²) in [5.74, 6) is 0. The fraction of sp³-hybridized carbons (Fsp3) is 0.471. The van der Waals surface area contributed by atoms with Gasteiger partial charge in [0.1, 0.15) is 0 Å². The summed E-state index contributed by atoms with van der Waals surface area (Å²) in [6.07, 6.45) is 2.10. The number of benzene rings is 1. The molecule has 1 aliphatic heterocycles. The van der Waals surface area contributed by atoms with Crippen LogP contribution < -0.4 is 5.32 Å². The van der Waals surface area contributed by atoms with Crippen LogP contribution in [0.5, 0.6) is 0 Å². The minimum Gasteiger partial charge on any atom is -0.372 e. The fourth-order valence-electron chi connectivity index (χ4n) is 2.59. The van der Waals surface area contributed by atoms with Gasteiger partial charge in [-0.2, -0.15) is 5.10 Å². The van der Waals surface area contributed by atoms with Crippen molar-refractivity contribution < 1.29 is 4.74 Å². The van der Waals surface area contributed by atoms with Crippen molar-refractivity contribution in [1.29, 1.82) is 0 Å². The van der Waals surface area contributed by atoms with Crippen LogP contribution in [0, 0.1) is 0 Å². The molecule has 0 radical (unpaired) electrons. The maximum absolute atomic E-state index is 5.50. The largest absolute Gasteiger partial charge is 0.372 e. The van der Waals surface area contributed by atoms with Gasteiger partial charge < -0.3 is 10.1 Å². The molecule has 4 nitrogen and oxygen atoms in total. The smallest absolute Gasteiger partial charge is 0.0968 e. The van der Waals surface area contributed by atoms with Gasteiger partial charge in [0.25, 0.3) is 0 Å². The highest BCUT2D eigenvalue weighted by atomic mass is 16.5. The average molecular weight is 285 g/mol. The van der Waals surface area contributed by atoms with E-state index in [1.54, 1.807) is 0 Å². The van der Waals surface area contributed by atoms with E-state index in [9.17, 15) is 0 Å². The number of nitrogens with one attached hydrogen (secondary N) is 1. The molecule has 0 saturated carbocycles. The zero-order valence-corrected chi connectivity index (χ0v) is 13.2. The summed E-state index contributed by atoms with van der Waals surface area (Å²) in [4.78, 5) is 0. The number of hydrogen-bond acceptors (Lipinski definition) is 3. The Morgan fingerprint density at radius 3 is 2.76 bits per heavy atom. The molecule has 0 fully saturated rings. The summed E-state index contributed by atoms with van der Waals surface area (Å²) in [5, 5.41) is 8.18. The van der Waals surface area contributed by atoms with Crippen LogP contribution in [-0.2, 0) is 31.5 Å². The maximum atomic E-state index is 5.50. The Balaban J connectivity index is 1.91. The first-order valence-corrected chi connectivity index (χ1v) is 7.40. The molecule has 0 bridgehead atoms. The summed E-state index contributed by atoms with van der Waals surface area (Å²) < 4.78 is 7.38. The molecular formula is C17H23N3O. The third kappa shape index (κ3) is 3.17. The topological polar surface area (TPSA) is 39.1 Å². The lowest BCUT2D eigenvalue weighted by Gasteiger charge is -2.20. The van der Waals surface area contributed by atoms with Crippen LogP contribution in [0.25, 0.3) is 11.3 Å². The van der Waals surface area contributed by atoms with Crippen LogP contribution in [0.1, 0.15) is 37.5 Å². The van der Waals surface area contributed by atoms with E-state index in [1.807, 2.05) is 11.7 Å². The molecule has 2 aromatic rings. The zero-order valence-electron chi connectivity index (χ0n) is 13.2. The quantitative estimate of drug-likeness (QED) is 0.942. The van der Waals surface area contributed by atoms with Gasteiger partial charge in [0.15, 0.2) is 0 Å². The molecule has 0 aliphatic carbocycles. The van der Waals surface area contributed by atoms with Crippen molar-refractivity contribution in [3.8, 4) is 11.3 Å². The van der Waals surface area contributed by atoms with Crippen LogP contribution >= 0.6 is 0 Å². The summed E-state index contributed by atoms with van der Waals surface area (Å²) in [5.41, 5.74) is 6.14. The third-order valence-electron chi connectivity index (χ3n) is 3.71. The van der Waals surface area contributed by atoms with Gasteiger partial charge in [0, 0.05) is 36.5 Å². The summed E-state index contributed by atoms with van der Waals surface area (Å²) in [7, 11) is 1.97. The van der Waals surface area contributed by atoms with Gasteiger partial charge in [0.2, 0.25) is 0 Å². The van der Waals surface area contributed by atoms with Gasteiger partial charge >= 0.3 is 0 Å². The van der Waals surface area contributed by atoms with Gasteiger partial charge in [0.05, 0.1) is 18.9 Å². The number of nitrogens with zero attached hydrogens (tertiary/aromatic N) is 2. The first kappa shape index (κ1) is 14.3. The molecule has 1 aliphatic rings. The maximum Gasteiger partial charge on any atom is 0.0968 e. The van der Waals surface area contributed by atoms with E-state index in [4.69, 9.17) is 4.74 Å². The van der Waals surface area contributed by atoms with Gasteiger partial charge in [-0.25, -0.2) is 0 Å². The number of aryl methyl sites for hydroxylation is 1. The molecule has 0 unspecified atom stereocenters. The number of rotatable bonds is 3. The van der Waals surface area contributed by atoms with Crippen LogP contribution in [0.3, 0.4) is 0 Å². The molecule has 0 atom stereocenters. The molecule has 4 heteroatoms. The molecule has 112 valence electrons. The Morgan fingerprint density at radius 2 is 2.00 bits per heavy atom. The van der Waals surface area contributed by atoms with Crippen LogP contribution in [0.15, 0.2) is 24.4 Å². The number of aromatic nitrogens is 2. The van der Waals surface area contributed by atoms with Crippen molar-refractivity contribution in [2.45, 2.75) is 46.1 Å². The van der Waals surface area contributed by atoms with Crippen LogP contribution in [0.4, 0.5) is 0 Å². The van der Waals surface area contributed by atoms with Crippen molar-refractivity contribution in [2.24, 2.45) is 7.05 Å². The SMILES string of the molecule is Cn1cc(CNC(C)(C)C)c(-c2ccc3c(c2)COC3)n1. The van der Waals surface area contributed by atoms with E-state index < -0.39 is 0 Å².